The minimum absolute atomic E-state index is 0.564. The second-order valence-corrected chi connectivity index (χ2v) is 6.25. The van der Waals surface area contributed by atoms with Gasteiger partial charge in [0.05, 0.1) is 6.61 Å². The topological polar surface area (TPSA) is 24.5 Å². The lowest BCUT2D eigenvalue weighted by Crippen LogP contribution is -2.36. The Kier molecular flexibility index (Phi) is 7.12. The van der Waals surface area contributed by atoms with E-state index in [1.807, 2.05) is 23.1 Å². The van der Waals surface area contributed by atoms with E-state index in [9.17, 15) is 0 Å². The van der Waals surface area contributed by atoms with Crippen molar-refractivity contribution in [3.05, 3.63) is 64.1 Å². The van der Waals surface area contributed by atoms with Gasteiger partial charge in [0.15, 0.2) is 5.11 Å². The summed E-state index contributed by atoms with van der Waals surface area (Å²) in [5.74, 6) is 0. The van der Waals surface area contributed by atoms with E-state index in [-0.39, 0.29) is 0 Å². The van der Waals surface area contributed by atoms with Crippen molar-refractivity contribution in [2.45, 2.75) is 6.54 Å². The number of halogens is 2. The lowest BCUT2D eigenvalue weighted by Gasteiger charge is -2.26. The summed E-state index contributed by atoms with van der Waals surface area (Å²) in [6, 6.07) is 15.4. The van der Waals surface area contributed by atoms with Crippen LogP contribution in [0, 0.1) is 0 Å². The van der Waals surface area contributed by atoms with Gasteiger partial charge in [-0.25, -0.2) is 0 Å². The third kappa shape index (κ3) is 5.99. The molecule has 0 fully saturated rings. The quantitative estimate of drug-likeness (QED) is 0.737. The molecule has 0 amide bonds. The predicted octanol–water partition coefficient (Wildman–Crippen LogP) is 4.84. The number of hydrogen-bond acceptors (Lipinski definition) is 2. The van der Waals surface area contributed by atoms with Crippen LogP contribution >= 0.6 is 35.4 Å². The van der Waals surface area contributed by atoms with Crippen molar-refractivity contribution < 1.29 is 4.74 Å². The van der Waals surface area contributed by atoms with E-state index in [2.05, 4.69) is 17.4 Å². The zero-order valence-corrected chi connectivity index (χ0v) is 15.1. The Morgan fingerprint density at radius 1 is 1.13 bits per heavy atom. The molecule has 0 saturated carbocycles. The van der Waals surface area contributed by atoms with Gasteiger partial charge in [-0.15, -0.1) is 0 Å². The molecule has 1 N–H and O–H groups in total. The zero-order valence-electron chi connectivity index (χ0n) is 12.8. The number of methoxy groups -OCH3 is 1. The Morgan fingerprint density at radius 2 is 1.78 bits per heavy atom. The van der Waals surface area contributed by atoms with Gasteiger partial charge in [-0.05, 0) is 36.0 Å². The van der Waals surface area contributed by atoms with Crippen molar-refractivity contribution >= 4 is 46.2 Å². The maximum atomic E-state index is 6.03. The summed E-state index contributed by atoms with van der Waals surface area (Å²) >= 11 is 17.6. The first-order valence-corrected chi connectivity index (χ1v) is 8.30. The molecule has 122 valence electrons. The summed E-state index contributed by atoms with van der Waals surface area (Å²) in [7, 11) is 1.67. The van der Waals surface area contributed by atoms with Crippen LogP contribution in [0.25, 0.3) is 0 Å². The monoisotopic (exact) mass is 368 g/mol. The van der Waals surface area contributed by atoms with Crippen molar-refractivity contribution in [2.24, 2.45) is 0 Å². The summed E-state index contributed by atoms with van der Waals surface area (Å²) in [6.45, 7) is 1.97. The molecule has 0 aliphatic rings. The van der Waals surface area contributed by atoms with Gasteiger partial charge in [0.2, 0.25) is 0 Å². The van der Waals surface area contributed by atoms with Crippen LogP contribution in [0.15, 0.2) is 48.5 Å². The summed E-state index contributed by atoms with van der Waals surface area (Å²) in [5.41, 5.74) is 1.94. The largest absolute Gasteiger partial charge is 0.383 e. The molecule has 6 heteroatoms. The molecule has 0 saturated heterocycles. The average Bonchev–Trinajstić information content (AvgIpc) is 2.51. The third-order valence-corrected chi connectivity index (χ3v) is 3.98. The molecule has 0 aliphatic carbocycles. The molecule has 0 bridgehead atoms. The first-order chi connectivity index (χ1) is 11.1. The highest BCUT2D eigenvalue weighted by Gasteiger charge is 2.11. The minimum atomic E-state index is 0.564. The summed E-state index contributed by atoms with van der Waals surface area (Å²) in [5, 5.41) is 4.92. The minimum Gasteiger partial charge on any atom is -0.383 e. The molecule has 0 unspecified atom stereocenters. The van der Waals surface area contributed by atoms with Gasteiger partial charge in [0.25, 0.3) is 0 Å². The maximum Gasteiger partial charge on any atom is 0.173 e. The molecule has 0 aromatic heterocycles. The zero-order chi connectivity index (χ0) is 16.7. The van der Waals surface area contributed by atoms with Gasteiger partial charge >= 0.3 is 0 Å². The van der Waals surface area contributed by atoms with Gasteiger partial charge in [-0.3, -0.25) is 0 Å². The molecule has 2 aromatic carbocycles. The maximum absolute atomic E-state index is 6.03. The molecule has 0 spiro atoms. The number of nitrogens with one attached hydrogen (secondary N) is 1. The van der Waals surface area contributed by atoms with Crippen molar-refractivity contribution in [3.63, 3.8) is 0 Å². The average molecular weight is 369 g/mol. The van der Waals surface area contributed by atoms with Crippen molar-refractivity contribution in [1.29, 1.82) is 0 Å². The van der Waals surface area contributed by atoms with Crippen LogP contribution in [0.3, 0.4) is 0 Å². The van der Waals surface area contributed by atoms with Crippen LogP contribution in [0.1, 0.15) is 5.56 Å². The molecular formula is C17H18Cl2N2OS. The Balaban J connectivity index is 2.09. The smallest absolute Gasteiger partial charge is 0.173 e. The number of hydrogen-bond donors (Lipinski definition) is 1. The summed E-state index contributed by atoms with van der Waals surface area (Å²) in [4.78, 5) is 2.04. The van der Waals surface area contributed by atoms with Crippen LogP contribution in [0.2, 0.25) is 10.0 Å². The number of thiocarbonyl (C=S) groups is 1. The van der Waals surface area contributed by atoms with Crippen LogP contribution in [0.5, 0.6) is 0 Å². The van der Waals surface area contributed by atoms with E-state index in [4.69, 9.17) is 40.2 Å². The summed E-state index contributed by atoms with van der Waals surface area (Å²) < 4.78 is 5.18. The molecule has 0 aliphatic heterocycles. The lowest BCUT2D eigenvalue weighted by molar-refractivity contribution is 0.175. The molecular weight excluding hydrogens is 351 g/mol. The number of rotatable bonds is 6. The molecule has 23 heavy (non-hydrogen) atoms. The highest BCUT2D eigenvalue weighted by molar-refractivity contribution is 7.80. The standard InChI is InChI=1S/C17H18Cl2N2OS/c1-22-8-7-21(12-13-5-3-2-4-6-13)17(23)20-16-10-14(18)9-15(19)11-16/h2-6,9-11H,7-8,12H2,1H3,(H,20,23). The number of benzene rings is 2. The fourth-order valence-corrected chi connectivity index (χ4v) is 2.89. The molecule has 2 aromatic rings. The van der Waals surface area contributed by atoms with Gasteiger partial charge in [0, 0.05) is 35.9 Å². The molecule has 2 rings (SSSR count). The first kappa shape index (κ1) is 18.0. The number of nitrogens with zero attached hydrogens (tertiary/aromatic N) is 1. The van der Waals surface area contributed by atoms with Crippen LogP contribution in [-0.4, -0.2) is 30.3 Å². The van der Waals surface area contributed by atoms with E-state index in [0.717, 1.165) is 5.69 Å². The fourth-order valence-electron chi connectivity index (χ4n) is 2.09. The fraction of sp³-hybridized carbons (Fsp3) is 0.235. The third-order valence-electron chi connectivity index (χ3n) is 3.18. The second kappa shape index (κ2) is 9.08. The van der Waals surface area contributed by atoms with Gasteiger partial charge < -0.3 is 15.0 Å². The van der Waals surface area contributed by atoms with Crippen LogP contribution in [-0.2, 0) is 11.3 Å². The Labute approximate surface area is 152 Å². The van der Waals surface area contributed by atoms with E-state index < -0.39 is 0 Å². The molecule has 0 radical (unpaired) electrons. The van der Waals surface area contributed by atoms with Gasteiger partial charge in [-0.2, -0.15) is 0 Å². The van der Waals surface area contributed by atoms with Gasteiger partial charge in [-0.1, -0.05) is 53.5 Å². The first-order valence-electron chi connectivity index (χ1n) is 7.13. The van der Waals surface area contributed by atoms with Crippen molar-refractivity contribution in [1.82, 2.24) is 4.90 Å². The SMILES string of the molecule is COCCN(Cc1ccccc1)C(=S)Nc1cc(Cl)cc(Cl)c1. The van der Waals surface area contributed by atoms with E-state index in [0.29, 0.717) is 34.9 Å². The van der Waals surface area contributed by atoms with E-state index >= 15 is 0 Å². The van der Waals surface area contributed by atoms with Gasteiger partial charge in [0.1, 0.15) is 0 Å². The van der Waals surface area contributed by atoms with Crippen LogP contribution in [0.4, 0.5) is 5.69 Å². The predicted molar refractivity (Wildman–Crippen MR) is 101 cm³/mol. The molecule has 0 atom stereocenters. The normalized spacial score (nSPS) is 10.4. The highest BCUT2D eigenvalue weighted by Crippen LogP contribution is 2.23. The number of ether oxygens (including phenoxy) is 1. The van der Waals surface area contributed by atoms with E-state index in [1.165, 1.54) is 5.56 Å². The van der Waals surface area contributed by atoms with E-state index in [1.54, 1.807) is 25.3 Å². The van der Waals surface area contributed by atoms with Crippen LogP contribution < -0.4 is 5.32 Å². The number of anilines is 1. The lowest BCUT2D eigenvalue weighted by atomic mass is 10.2. The molecule has 0 heterocycles. The second-order valence-electron chi connectivity index (χ2n) is 4.99. The Hall–Kier alpha value is -1.33. The molecule has 3 nitrogen and oxygen atoms in total. The Morgan fingerprint density at radius 3 is 2.39 bits per heavy atom. The Bertz CT molecular complexity index is 632. The van der Waals surface area contributed by atoms with Crippen molar-refractivity contribution in [2.75, 3.05) is 25.6 Å². The highest BCUT2D eigenvalue weighted by atomic mass is 35.5. The summed E-state index contributed by atoms with van der Waals surface area (Å²) in [6.07, 6.45) is 0. The van der Waals surface area contributed by atoms with Crippen molar-refractivity contribution in [3.8, 4) is 0 Å².